The largest absolute Gasteiger partial charge is 0.453 e. The van der Waals surface area contributed by atoms with E-state index in [-0.39, 0.29) is 5.41 Å². The number of hydrogen-bond donors (Lipinski definition) is 0. The summed E-state index contributed by atoms with van der Waals surface area (Å²) >= 11 is 0. The van der Waals surface area contributed by atoms with Crippen LogP contribution < -0.4 is 19.3 Å². The van der Waals surface area contributed by atoms with Crippen LogP contribution in [0.3, 0.4) is 0 Å². The SMILES string of the molecule is CC1(C)c2ccccc2-c2ccc(-c3c4ccc(N5c6ccccc6Oc6ccccc65)cc4c(-c4ccc(-c5ccc6ccccc6c5)cc4)c4ccc(N5c6ccccc6Oc6ccccc65)cc34)cc21. The molecule has 0 bridgehead atoms. The first-order valence-corrected chi connectivity index (χ1v) is 25.1. The Hall–Kier alpha value is -9.38. The fourth-order valence-electron chi connectivity index (χ4n) is 12.1. The molecule has 4 heteroatoms. The zero-order chi connectivity index (χ0) is 48.4. The number of rotatable bonds is 5. The first-order valence-electron chi connectivity index (χ1n) is 25.1. The lowest BCUT2D eigenvalue weighted by atomic mass is 9.80. The predicted molar refractivity (Wildman–Crippen MR) is 302 cm³/mol. The van der Waals surface area contributed by atoms with E-state index in [2.05, 4.69) is 242 Å². The van der Waals surface area contributed by atoms with E-state index < -0.39 is 0 Å². The first kappa shape index (κ1) is 41.4. The smallest absolute Gasteiger partial charge is 0.151 e. The van der Waals surface area contributed by atoms with Crippen molar-refractivity contribution in [3.8, 4) is 67.5 Å². The Morgan fingerprint density at radius 1 is 0.301 bits per heavy atom. The van der Waals surface area contributed by atoms with Crippen LogP contribution in [0.2, 0.25) is 0 Å². The van der Waals surface area contributed by atoms with Gasteiger partial charge in [-0.05, 0) is 173 Å². The van der Waals surface area contributed by atoms with Gasteiger partial charge in [-0.3, -0.25) is 0 Å². The number of hydrogen-bond acceptors (Lipinski definition) is 4. The highest BCUT2D eigenvalue weighted by Gasteiger charge is 2.36. The van der Waals surface area contributed by atoms with E-state index in [1.807, 2.05) is 24.3 Å². The Balaban J connectivity index is 1.03. The quantitative estimate of drug-likeness (QED) is 0.161. The molecule has 12 aromatic carbocycles. The highest BCUT2D eigenvalue weighted by Crippen LogP contribution is 2.56. The minimum atomic E-state index is -0.184. The van der Waals surface area contributed by atoms with Gasteiger partial charge in [0.05, 0.1) is 22.7 Å². The highest BCUT2D eigenvalue weighted by atomic mass is 16.5. The van der Waals surface area contributed by atoms with Crippen molar-refractivity contribution in [2.24, 2.45) is 0 Å². The zero-order valence-corrected chi connectivity index (χ0v) is 40.3. The van der Waals surface area contributed by atoms with E-state index in [1.165, 1.54) is 77.0 Å². The molecule has 0 radical (unpaired) electrons. The Bertz CT molecular complexity index is 4170. The maximum absolute atomic E-state index is 6.55. The van der Waals surface area contributed by atoms with Crippen molar-refractivity contribution in [3.05, 3.63) is 254 Å². The van der Waals surface area contributed by atoms with Crippen LogP contribution in [0.5, 0.6) is 23.0 Å². The molecule has 0 N–H and O–H groups in total. The molecule has 4 nitrogen and oxygen atoms in total. The van der Waals surface area contributed by atoms with Crippen LogP contribution >= 0.6 is 0 Å². The van der Waals surface area contributed by atoms with Crippen molar-refractivity contribution in [1.82, 2.24) is 0 Å². The van der Waals surface area contributed by atoms with E-state index >= 15 is 0 Å². The van der Waals surface area contributed by atoms with Crippen LogP contribution in [-0.2, 0) is 5.41 Å². The second-order valence-corrected chi connectivity index (χ2v) is 20.0. The summed E-state index contributed by atoms with van der Waals surface area (Å²) in [5.74, 6) is 3.30. The molecule has 0 spiro atoms. The minimum Gasteiger partial charge on any atom is -0.453 e. The molecule has 344 valence electrons. The average molecular weight is 935 g/mol. The van der Waals surface area contributed by atoms with Crippen molar-refractivity contribution >= 4 is 66.4 Å². The standard InChI is InChI=1S/C69H46N2O2/c1-69(2)57-18-6-5-17-51(57)52-36-33-48(40-58(52)69)68-54-38-35-49(70-59-19-7-11-23-63(59)72-64-24-12-8-20-60(64)70)41-55(54)67(45-30-27-44(28-31-45)47-32-29-43-15-3-4-16-46(43)39-47)53-37-34-50(42-56(53)68)71-61-21-9-13-25-65(61)73-66-26-14-10-22-62(66)71/h3-42H,1-2H3. The Kier molecular flexibility index (Phi) is 8.97. The summed E-state index contributed by atoms with van der Waals surface area (Å²) in [4.78, 5) is 4.72. The number of fused-ring (bicyclic) bond motifs is 10. The van der Waals surface area contributed by atoms with Crippen LogP contribution in [0.15, 0.2) is 243 Å². The zero-order valence-electron chi connectivity index (χ0n) is 40.3. The van der Waals surface area contributed by atoms with Gasteiger partial charge in [-0.15, -0.1) is 0 Å². The Morgan fingerprint density at radius 3 is 1.32 bits per heavy atom. The normalized spacial score (nSPS) is 13.6. The van der Waals surface area contributed by atoms with Gasteiger partial charge in [0.15, 0.2) is 23.0 Å². The number of nitrogens with zero attached hydrogens (tertiary/aromatic N) is 2. The Labute approximate surface area is 424 Å². The molecule has 3 aliphatic rings. The third-order valence-electron chi connectivity index (χ3n) is 15.6. The number of benzene rings is 12. The molecule has 0 aromatic heterocycles. The second kappa shape index (κ2) is 15.8. The van der Waals surface area contributed by atoms with Crippen LogP contribution in [-0.4, -0.2) is 0 Å². The summed E-state index contributed by atoms with van der Waals surface area (Å²) in [5.41, 5.74) is 18.3. The lowest BCUT2D eigenvalue weighted by Gasteiger charge is -2.33. The van der Waals surface area contributed by atoms with Crippen LogP contribution in [0.25, 0.3) is 76.8 Å². The Morgan fingerprint density at radius 2 is 0.740 bits per heavy atom. The van der Waals surface area contributed by atoms with Crippen LogP contribution in [0.4, 0.5) is 34.1 Å². The summed E-state index contributed by atoms with van der Waals surface area (Å²) in [5, 5.41) is 7.15. The lowest BCUT2D eigenvalue weighted by molar-refractivity contribution is 0.477. The average Bonchev–Trinajstić information content (AvgIpc) is 3.69. The second-order valence-electron chi connectivity index (χ2n) is 20.0. The van der Waals surface area contributed by atoms with Gasteiger partial charge in [0, 0.05) is 16.8 Å². The summed E-state index contributed by atoms with van der Waals surface area (Å²) in [7, 11) is 0. The predicted octanol–water partition coefficient (Wildman–Crippen LogP) is 19.6. The van der Waals surface area contributed by atoms with E-state index in [0.29, 0.717) is 0 Å². The third-order valence-corrected chi connectivity index (χ3v) is 15.6. The number of anilines is 6. The molecule has 12 aromatic rings. The molecule has 2 aliphatic heterocycles. The fourth-order valence-corrected chi connectivity index (χ4v) is 12.1. The molecule has 1 aliphatic carbocycles. The molecule has 0 unspecified atom stereocenters. The summed E-state index contributed by atoms with van der Waals surface area (Å²) in [6, 6.07) is 88.3. The molecule has 0 atom stereocenters. The highest BCUT2D eigenvalue weighted by molar-refractivity contribution is 6.23. The van der Waals surface area contributed by atoms with Crippen molar-refractivity contribution in [2.75, 3.05) is 9.80 Å². The number of ether oxygens (including phenoxy) is 2. The third kappa shape index (κ3) is 6.33. The summed E-state index contributed by atoms with van der Waals surface area (Å²) < 4.78 is 13.1. The van der Waals surface area contributed by atoms with Crippen LogP contribution in [0, 0.1) is 0 Å². The molecular formula is C69H46N2O2. The van der Waals surface area contributed by atoms with E-state index in [1.54, 1.807) is 0 Å². The van der Waals surface area contributed by atoms with Crippen molar-refractivity contribution < 1.29 is 9.47 Å². The lowest BCUT2D eigenvalue weighted by Crippen LogP contribution is -2.16. The van der Waals surface area contributed by atoms with Gasteiger partial charge in [0.25, 0.3) is 0 Å². The topological polar surface area (TPSA) is 24.9 Å². The van der Waals surface area contributed by atoms with E-state index in [9.17, 15) is 0 Å². The van der Waals surface area contributed by atoms with Gasteiger partial charge in [0.2, 0.25) is 0 Å². The first-order chi connectivity index (χ1) is 35.9. The summed E-state index contributed by atoms with van der Waals surface area (Å²) in [6.07, 6.45) is 0. The molecular weight excluding hydrogens is 889 g/mol. The molecule has 0 amide bonds. The number of para-hydroxylation sites is 8. The van der Waals surface area contributed by atoms with Crippen molar-refractivity contribution in [3.63, 3.8) is 0 Å². The molecule has 15 rings (SSSR count). The van der Waals surface area contributed by atoms with Crippen molar-refractivity contribution in [1.29, 1.82) is 0 Å². The van der Waals surface area contributed by atoms with E-state index in [0.717, 1.165) is 68.1 Å². The maximum atomic E-state index is 6.55. The molecule has 0 saturated carbocycles. The van der Waals surface area contributed by atoms with Gasteiger partial charge >= 0.3 is 0 Å². The van der Waals surface area contributed by atoms with E-state index in [4.69, 9.17) is 9.47 Å². The molecule has 0 saturated heterocycles. The van der Waals surface area contributed by atoms with Crippen LogP contribution in [0.1, 0.15) is 25.0 Å². The van der Waals surface area contributed by atoms with Gasteiger partial charge in [-0.25, -0.2) is 0 Å². The van der Waals surface area contributed by atoms with Gasteiger partial charge in [-0.1, -0.05) is 172 Å². The molecule has 0 fully saturated rings. The maximum Gasteiger partial charge on any atom is 0.151 e. The fraction of sp³-hybridized carbons (Fsp3) is 0.0435. The molecule has 73 heavy (non-hydrogen) atoms. The minimum absolute atomic E-state index is 0.184. The molecule has 2 heterocycles. The van der Waals surface area contributed by atoms with Crippen molar-refractivity contribution in [2.45, 2.75) is 19.3 Å². The van der Waals surface area contributed by atoms with Gasteiger partial charge in [0.1, 0.15) is 0 Å². The monoisotopic (exact) mass is 934 g/mol. The summed E-state index contributed by atoms with van der Waals surface area (Å²) in [6.45, 7) is 4.75. The van der Waals surface area contributed by atoms with Gasteiger partial charge < -0.3 is 19.3 Å². The van der Waals surface area contributed by atoms with Gasteiger partial charge in [-0.2, -0.15) is 0 Å².